The van der Waals surface area contributed by atoms with E-state index >= 15 is 0 Å². The van der Waals surface area contributed by atoms with Crippen LogP contribution >= 0.6 is 33.0 Å². The van der Waals surface area contributed by atoms with Crippen molar-refractivity contribution in [3.63, 3.8) is 0 Å². The van der Waals surface area contributed by atoms with E-state index in [0.717, 1.165) is 86.2 Å². The van der Waals surface area contributed by atoms with E-state index in [2.05, 4.69) is 93.9 Å². The molecule has 0 radical (unpaired) electrons. The summed E-state index contributed by atoms with van der Waals surface area (Å²) in [5, 5.41) is 28.0. The highest BCUT2D eigenvalue weighted by molar-refractivity contribution is 8.26. The van der Waals surface area contributed by atoms with Crippen LogP contribution in [0.25, 0.3) is 49.7 Å². The quantitative estimate of drug-likeness (QED) is 0.0587. The maximum Gasteiger partial charge on any atom is 0.223 e. The largest absolute Gasteiger partial charge is 0.494 e. The third kappa shape index (κ3) is 13.5. The third-order valence-electron chi connectivity index (χ3n) is 13.0. The average molecular weight is 1180 g/mol. The van der Waals surface area contributed by atoms with Gasteiger partial charge >= 0.3 is 0 Å². The van der Waals surface area contributed by atoms with Crippen LogP contribution in [0.2, 0.25) is 0 Å². The number of nitrogen functional groups attached to an aromatic ring is 3. The molecule has 0 bridgehead atoms. The van der Waals surface area contributed by atoms with Gasteiger partial charge in [-0.05, 0) is 85.5 Å². The summed E-state index contributed by atoms with van der Waals surface area (Å²) in [6, 6.07) is 25.3. The lowest BCUT2D eigenvalue weighted by molar-refractivity contribution is 0.278. The van der Waals surface area contributed by atoms with Gasteiger partial charge in [0.15, 0.2) is 34.4 Å². The number of anilines is 3. The summed E-state index contributed by atoms with van der Waals surface area (Å²) in [6.07, 6.45) is 8.22. The Hall–Kier alpha value is -7.91. The van der Waals surface area contributed by atoms with Crippen molar-refractivity contribution in [2.24, 2.45) is 0 Å². The number of benzene rings is 3. The summed E-state index contributed by atoms with van der Waals surface area (Å²) in [4.78, 5) is 37.9. The Morgan fingerprint density at radius 3 is 1.42 bits per heavy atom. The molecule has 0 spiro atoms. The maximum atomic E-state index is 9.09. The van der Waals surface area contributed by atoms with Crippen molar-refractivity contribution >= 4 is 110 Å². The Labute approximate surface area is 480 Å². The van der Waals surface area contributed by atoms with Gasteiger partial charge in [0.1, 0.15) is 33.8 Å². The normalized spacial score (nSPS) is 12.6. The highest BCUT2D eigenvalue weighted by Crippen LogP contribution is 2.30. The summed E-state index contributed by atoms with van der Waals surface area (Å²) in [7, 11) is 12.2. The first kappa shape index (κ1) is 57.8. The number of hydrogen-bond acceptors (Lipinski definition) is 21. The zero-order chi connectivity index (χ0) is 57.0. The van der Waals surface area contributed by atoms with E-state index < -0.39 is 9.23 Å². The van der Waals surface area contributed by atoms with Crippen LogP contribution in [0.4, 0.5) is 17.8 Å². The van der Waals surface area contributed by atoms with Gasteiger partial charge in [-0.3, -0.25) is 14.9 Å². The molecule has 2 aliphatic heterocycles. The summed E-state index contributed by atoms with van der Waals surface area (Å²) in [5.74, 6) is 5.58. The molecule has 28 heteroatoms. The number of alkyl halides is 1. The number of methoxy groups -OCH3 is 3. The Bertz CT molecular complexity index is 3810. The molecule has 3 aromatic carbocycles. The predicted molar refractivity (Wildman–Crippen MR) is 314 cm³/mol. The van der Waals surface area contributed by atoms with Gasteiger partial charge in [-0.25, -0.2) is 34.1 Å². The smallest absolute Gasteiger partial charge is 0.223 e. The first-order valence-corrected chi connectivity index (χ1v) is 28.9. The minimum Gasteiger partial charge on any atom is -0.494 e. The highest BCUT2D eigenvalue weighted by atomic mass is 36.0. The van der Waals surface area contributed by atoms with Crippen LogP contribution in [0.5, 0.6) is 17.2 Å². The first-order valence-electron chi connectivity index (χ1n) is 25.5. The van der Waals surface area contributed by atoms with Crippen LogP contribution in [0.3, 0.4) is 0 Å². The molecule has 81 heavy (non-hydrogen) atoms. The summed E-state index contributed by atoms with van der Waals surface area (Å²) in [6.45, 7) is 4.89. The number of nitrogens with one attached hydrogen (secondary N) is 1. The molecule has 0 fully saturated rings. The number of hydrogen-bond donors (Lipinski definition) is 5. The number of nitrogens with zero attached hydrogens (tertiary/aromatic N) is 15. The van der Waals surface area contributed by atoms with Crippen molar-refractivity contribution in [2.75, 3.05) is 57.6 Å². The topological polar surface area (TPSA) is 313 Å². The fraction of sp³-hybridized carbons (Fsp3) is 0.302. The lowest BCUT2D eigenvalue weighted by atomic mass is 10.2. The van der Waals surface area contributed by atoms with Crippen molar-refractivity contribution < 1.29 is 23.5 Å². The molecule has 11 aromatic rings. The number of ether oxygens (including phenoxy) is 3. The molecule has 0 aliphatic carbocycles. The monoisotopic (exact) mass is 1180 g/mol. The molecular weight excluding hydrogens is 1120 g/mol. The molecule has 0 saturated heterocycles. The van der Waals surface area contributed by atoms with Gasteiger partial charge in [-0.1, -0.05) is 30.3 Å². The molecule has 10 heterocycles. The van der Waals surface area contributed by atoms with E-state index in [0.29, 0.717) is 87.2 Å². The van der Waals surface area contributed by atoms with E-state index in [-0.39, 0.29) is 12.6 Å². The number of halogens is 3. The average Bonchev–Trinajstić information content (AvgIpc) is 4.51. The second-order valence-corrected chi connectivity index (χ2v) is 21.1. The molecule has 8 aromatic heterocycles. The maximum absolute atomic E-state index is 9.09. The lowest BCUT2D eigenvalue weighted by Gasteiger charge is -2.13. The molecule has 0 saturated carbocycles. The fourth-order valence-corrected chi connectivity index (χ4v) is 9.41. The minimum absolute atomic E-state index is 0.109. The number of aryl methyl sites for hydroxylation is 3. The SMILES string of the molecule is COc1cccc2c1nc(N)n1nc(CCCCl)nc21.COc1cccc2c1nc(N)n1nc(CCCN3Cc4cccnc4C3)nc21.COc1cccc2c1nc(N)n1nc(CCCO)nc21.O=S(Cl)Cl.c1cnc2c(c1)CNC2. The van der Waals surface area contributed by atoms with E-state index in [1.54, 1.807) is 30.4 Å². The molecule has 2 aliphatic rings. The van der Waals surface area contributed by atoms with Crippen LogP contribution < -0.4 is 36.7 Å². The minimum atomic E-state index is -1.67. The number of fused-ring (bicyclic) bond motifs is 11. The van der Waals surface area contributed by atoms with E-state index in [4.69, 9.17) is 57.3 Å². The van der Waals surface area contributed by atoms with Crippen molar-refractivity contribution in [1.29, 1.82) is 0 Å². The van der Waals surface area contributed by atoms with Gasteiger partial charge in [-0.15, -0.1) is 26.9 Å². The van der Waals surface area contributed by atoms with Gasteiger partial charge in [0.05, 0.1) is 32.7 Å². The molecule has 24 nitrogen and oxygen atoms in total. The Morgan fingerprint density at radius 2 is 1.00 bits per heavy atom. The van der Waals surface area contributed by atoms with Crippen LogP contribution in [-0.2, 0) is 54.7 Å². The van der Waals surface area contributed by atoms with E-state index in [1.165, 1.54) is 27.0 Å². The number of aliphatic hydroxyl groups is 1. The van der Waals surface area contributed by atoms with Gasteiger partial charge in [0.2, 0.25) is 27.1 Å². The standard InChI is InChI=1S/C20H21N7O.C13H14ClN5O.C13H15N5O2.C7H8N2.Cl2OS/c1-28-16-7-2-6-14-18(16)24-20(21)27-19(14)23-17(25-27)8-4-10-26-11-13-5-3-9-22-15(13)12-26;1-20-9-5-2-4-8-11(9)17-13(15)19-12(8)16-10(18-19)6-3-7-14;1-20-9-5-2-4-8-11(9)16-13(14)18-12(8)15-10(17-18)6-3-7-19;1-2-6-4-8-5-7(6)9-3-1;1-4(2)3/h2-3,5-7,9H,4,8,10-12H2,1H3,(H2,21,24);2,4-5H,3,6-7H2,1H3,(H2,15,17);2,4-5,19H,3,6-7H2,1H3,(H2,14,16);1-3,8H,4-5H2;. The zero-order valence-corrected chi connectivity index (χ0v) is 47.5. The van der Waals surface area contributed by atoms with Crippen LogP contribution in [-0.4, -0.2) is 123 Å². The second kappa shape index (κ2) is 27.0. The highest BCUT2D eigenvalue weighted by Gasteiger charge is 2.21. The lowest BCUT2D eigenvalue weighted by Crippen LogP contribution is -2.18. The number of aliphatic hydroxyl groups excluding tert-OH is 1. The van der Waals surface area contributed by atoms with Gasteiger partial charge in [0.25, 0.3) is 0 Å². The van der Waals surface area contributed by atoms with Crippen molar-refractivity contribution in [2.45, 2.75) is 64.7 Å². The van der Waals surface area contributed by atoms with Crippen LogP contribution in [0.15, 0.2) is 91.3 Å². The first-order chi connectivity index (χ1) is 39.4. The molecule has 0 atom stereocenters. The molecule has 0 unspecified atom stereocenters. The van der Waals surface area contributed by atoms with E-state index in [1.807, 2.05) is 79.1 Å². The number of aromatic nitrogens is 14. The zero-order valence-electron chi connectivity index (χ0n) is 44.4. The van der Waals surface area contributed by atoms with Crippen LogP contribution in [0.1, 0.15) is 59.3 Å². The third-order valence-corrected chi connectivity index (χ3v) is 13.2. The Morgan fingerprint density at radius 1 is 0.568 bits per heavy atom. The second-order valence-electron chi connectivity index (χ2n) is 18.2. The number of nitrogens with two attached hydrogens (primary N) is 3. The molecule has 13 rings (SSSR count). The summed E-state index contributed by atoms with van der Waals surface area (Å²) < 4.78 is 29.8. The molecule has 422 valence electrons. The summed E-state index contributed by atoms with van der Waals surface area (Å²) in [5.41, 5.74) is 27.2. The van der Waals surface area contributed by atoms with Crippen molar-refractivity contribution in [3.05, 3.63) is 131 Å². The number of pyridine rings is 2. The fourth-order valence-electron chi connectivity index (χ4n) is 9.27. The number of para-hydroxylation sites is 3. The molecule has 0 amide bonds. The Balaban J connectivity index is 0.000000134. The van der Waals surface area contributed by atoms with Crippen LogP contribution in [0, 0.1) is 0 Å². The summed E-state index contributed by atoms with van der Waals surface area (Å²) >= 11 is 5.70. The van der Waals surface area contributed by atoms with Gasteiger partial charge in [0, 0.05) is 108 Å². The van der Waals surface area contributed by atoms with Crippen molar-refractivity contribution in [3.8, 4) is 17.2 Å². The van der Waals surface area contributed by atoms with Crippen molar-refractivity contribution in [1.82, 2.24) is 78.9 Å². The molecular formula is C53H58Cl3N19O5S. The molecule has 8 N–H and O–H groups in total. The number of rotatable bonds is 13. The van der Waals surface area contributed by atoms with Gasteiger partial charge in [-0.2, -0.15) is 13.5 Å². The van der Waals surface area contributed by atoms with E-state index in [9.17, 15) is 0 Å². The van der Waals surface area contributed by atoms with Gasteiger partial charge < -0.3 is 41.8 Å². The predicted octanol–water partition coefficient (Wildman–Crippen LogP) is 6.77. The Kier molecular flexibility index (Phi) is 19.3.